The van der Waals surface area contributed by atoms with Crippen LogP contribution in [0.2, 0.25) is 0 Å². The Hall–Kier alpha value is -2.91. The van der Waals surface area contributed by atoms with Crippen molar-refractivity contribution in [3.63, 3.8) is 0 Å². The highest BCUT2D eigenvalue weighted by molar-refractivity contribution is 5.94. The van der Waals surface area contributed by atoms with Crippen molar-refractivity contribution >= 4 is 28.1 Å². The van der Waals surface area contributed by atoms with Crippen LogP contribution in [0.25, 0.3) is 10.8 Å². The lowest BCUT2D eigenvalue weighted by Gasteiger charge is -2.26. The second kappa shape index (κ2) is 8.85. The Kier molecular flexibility index (Phi) is 6.01. The number of morpholine rings is 1. The van der Waals surface area contributed by atoms with Crippen molar-refractivity contribution in [2.24, 2.45) is 0 Å². The van der Waals surface area contributed by atoms with Crippen LogP contribution in [0.5, 0.6) is 0 Å². The number of aromatic amines is 1. The fourth-order valence-electron chi connectivity index (χ4n) is 3.60. The van der Waals surface area contributed by atoms with Gasteiger partial charge in [-0.1, -0.05) is 0 Å². The van der Waals surface area contributed by atoms with E-state index in [4.69, 9.17) is 4.74 Å². The van der Waals surface area contributed by atoms with E-state index in [1.54, 1.807) is 0 Å². The number of benzene rings is 1. The van der Waals surface area contributed by atoms with E-state index in [2.05, 4.69) is 30.8 Å². The molecule has 2 aromatic heterocycles. The Morgan fingerprint density at radius 1 is 1.20 bits per heavy atom. The Morgan fingerprint density at radius 3 is 2.70 bits per heavy atom. The fourth-order valence-corrected chi connectivity index (χ4v) is 3.60. The Labute approximate surface area is 175 Å². The molecule has 1 saturated heterocycles. The van der Waals surface area contributed by atoms with E-state index in [0.717, 1.165) is 56.2 Å². The first-order valence-electron chi connectivity index (χ1n) is 10.4. The van der Waals surface area contributed by atoms with Crippen molar-refractivity contribution in [1.82, 2.24) is 24.9 Å². The van der Waals surface area contributed by atoms with E-state index in [9.17, 15) is 4.79 Å². The summed E-state index contributed by atoms with van der Waals surface area (Å²) in [5, 5.41) is 19.8. The number of nitrogens with zero attached hydrogens (tertiary/aromatic N) is 4. The lowest BCUT2D eigenvalue weighted by Crippen LogP contribution is -2.39. The number of aryl methyl sites for hydroxylation is 1. The van der Waals surface area contributed by atoms with Gasteiger partial charge in [0.25, 0.3) is 5.56 Å². The number of H-pyrrole nitrogens is 1. The minimum absolute atomic E-state index is 0.0543. The summed E-state index contributed by atoms with van der Waals surface area (Å²) in [5.74, 6) is 1.28. The summed E-state index contributed by atoms with van der Waals surface area (Å²) in [6.07, 6.45) is 0. The van der Waals surface area contributed by atoms with Crippen molar-refractivity contribution in [2.75, 3.05) is 50.0 Å². The first-order chi connectivity index (χ1) is 14.5. The van der Waals surface area contributed by atoms with E-state index in [0.29, 0.717) is 17.0 Å². The summed E-state index contributed by atoms with van der Waals surface area (Å²) in [7, 11) is 0. The molecule has 0 amide bonds. The molecule has 3 N–H and O–H groups in total. The summed E-state index contributed by atoms with van der Waals surface area (Å²) in [4.78, 5) is 15.4. The smallest absolute Gasteiger partial charge is 0.275 e. The molecule has 1 aliphatic heterocycles. The standard InChI is InChI=1S/C21H29N7O2/c1-14(2)28-21(29)18-13-16(22-6-7-27-8-10-30-11-9-27)4-5-17(18)20(26-28)23-19-12-15(3)24-25-19/h4-5,12-14,22H,6-11H2,1-3H3,(H2,23,24,25,26). The number of ether oxygens (including phenoxy) is 1. The number of nitrogens with one attached hydrogen (secondary N) is 3. The molecule has 0 unspecified atom stereocenters. The third kappa shape index (κ3) is 4.47. The van der Waals surface area contributed by atoms with Crippen LogP contribution in [0.1, 0.15) is 25.6 Å². The van der Waals surface area contributed by atoms with Crippen molar-refractivity contribution in [1.29, 1.82) is 0 Å². The van der Waals surface area contributed by atoms with Crippen molar-refractivity contribution in [2.45, 2.75) is 26.8 Å². The van der Waals surface area contributed by atoms with Crippen LogP contribution < -0.4 is 16.2 Å². The first-order valence-corrected chi connectivity index (χ1v) is 10.4. The van der Waals surface area contributed by atoms with Gasteiger partial charge >= 0.3 is 0 Å². The fraction of sp³-hybridized carbons (Fsp3) is 0.476. The molecule has 0 atom stereocenters. The number of fused-ring (bicyclic) bond motifs is 1. The van der Waals surface area contributed by atoms with E-state index >= 15 is 0 Å². The molecule has 30 heavy (non-hydrogen) atoms. The molecule has 4 rings (SSSR count). The maximum atomic E-state index is 13.1. The molecule has 9 nitrogen and oxygen atoms in total. The van der Waals surface area contributed by atoms with Gasteiger partial charge in [0.05, 0.1) is 24.6 Å². The highest BCUT2D eigenvalue weighted by Gasteiger charge is 2.15. The molecular weight excluding hydrogens is 382 g/mol. The first kappa shape index (κ1) is 20.4. The molecule has 3 heterocycles. The van der Waals surface area contributed by atoms with Gasteiger partial charge < -0.3 is 15.4 Å². The van der Waals surface area contributed by atoms with Gasteiger partial charge in [-0.15, -0.1) is 0 Å². The molecule has 0 aliphatic carbocycles. The van der Waals surface area contributed by atoms with Crippen molar-refractivity contribution in [3.8, 4) is 0 Å². The van der Waals surface area contributed by atoms with Crippen LogP contribution in [0.3, 0.4) is 0 Å². The second-order valence-corrected chi connectivity index (χ2v) is 7.89. The monoisotopic (exact) mass is 411 g/mol. The zero-order valence-corrected chi connectivity index (χ0v) is 17.7. The molecule has 0 saturated carbocycles. The third-order valence-corrected chi connectivity index (χ3v) is 5.22. The second-order valence-electron chi connectivity index (χ2n) is 7.89. The van der Waals surface area contributed by atoms with Crippen LogP contribution in [0, 0.1) is 6.92 Å². The minimum Gasteiger partial charge on any atom is -0.384 e. The number of rotatable bonds is 7. The number of anilines is 3. The Bertz CT molecular complexity index is 1070. The van der Waals surface area contributed by atoms with E-state index < -0.39 is 0 Å². The van der Waals surface area contributed by atoms with E-state index in [-0.39, 0.29) is 11.6 Å². The molecular formula is C21H29N7O2. The van der Waals surface area contributed by atoms with Crippen molar-refractivity contribution in [3.05, 3.63) is 40.3 Å². The van der Waals surface area contributed by atoms with E-state index in [1.807, 2.05) is 45.0 Å². The quantitative estimate of drug-likeness (QED) is 0.549. The maximum absolute atomic E-state index is 13.1. The summed E-state index contributed by atoms with van der Waals surface area (Å²) in [6.45, 7) is 11.1. The normalized spacial score (nSPS) is 15.1. The largest absolute Gasteiger partial charge is 0.384 e. The molecule has 3 aromatic rings. The molecule has 0 radical (unpaired) electrons. The molecule has 1 aliphatic rings. The summed E-state index contributed by atoms with van der Waals surface area (Å²) < 4.78 is 6.91. The highest BCUT2D eigenvalue weighted by atomic mass is 16.5. The van der Waals surface area contributed by atoms with Gasteiger partial charge in [0, 0.05) is 49.0 Å². The third-order valence-electron chi connectivity index (χ3n) is 5.22. The molecule has 1 fully saturated rings. The predicted octanol–water partition coefficient (Wildman–Crippen LogP) is 2.50. The topological polar surface area (TPSA) is 100 Å². The molecule has 9 heteroatoms. The number of hydrogen-bond donors (Lipinski definition) is 3. The van der Waals surface area contributed by atoms with Crippen LogP contribution in [0.15, 0.2) is 29.1 Å². The molecule has 0 spiro atoms. The van der Waals surface area contributed by atoms with Crippen molar-refractivity contribution < 1.29 is 4.74 Å². The summed E-state index contributed by atoms with van der Waals surface area (Å²) in [6, 6.07) is 7.69. The van der Waals surface area contributed by atoms with E-state index in [1.165, 1.54) is 4.68 Å². The SMILES string of the molecule is Cc1cc(Nc2nn(C(C)C)c(=O)c3cc(NCCN4CCOCC4)ccc23)n[nH]1. The van der Waals surface area contributed by atoms with Gasteiger partial charge in [-0.3, -0.25) is 14.8 Å². The van der Waals surface area contributed by atoms with Crippen LogP contribution >= 0.6 is 0 Å². The molecule has 160 valence electrons. The van der Waals surface area contributed by atoms with Gasteiger partial charge in [-0.2, -0.15) is 10.2 Å². The molecule has 0 bridgehead atoms. The summed E-state index contributed by atoms with van der Waals surface area (Å²) in [5.41, 5.74) is 1.78. The lowest BCUT2D eigenvalue weighted by molar-refractivity contribution is 0.0398. The minimum atomic E-state index is -0.0967. The van der Waals surface area contributed by atoms with Gasteiger partial charge in [0.1, 0.15) is 0 Å². The maximum Gasteiger partial charge on any atom is 0.275 e. The average Bonchev–Trinajstić information content (AvgIpc) is 3.15. The number of aromatic nitrogens is 4. The predicted molar refractivity (Wildman–Crippen MR) is 119 cm³/mol. The van der Waals surface area contributed by atoms with Gasteiger partial charge in [0.2, 0.25) is 0 Å². The van der Waals surface area contributed by atoms with Crippen LogP contribution in [-0.2, 0) is 4.74 Å². The summed E-state index contributed by atoms with van der Waals surface area (Å²) >= 11 is 0. The molecule has 1 aromatic carbocycles. The Balaban J connectivity index is 1.60. The number of hydrogen-bond acceptors (Lipinski definition) is 7. The average molecular weight is 412 g/mol. The van der Waals surface area contributed by atoms with Gasteiger partial charge in [-0.05, 0) is 39.0 Å². The van der Waals surface area contributed by atoms with Crippen LogP contribution in [0.4, 0.5) is 17.3 Å². The lowest BCUT2D eigenvalue weighted by atomic mass is 10.1. The van der Waals surface area contributed by atoms with Gasteiger partial charge in [0.15, 0.2) is 11.6 Å². The van der Waals surface area contributed by atoms with Crippen LogP contribution in [-0.4, -0.2) is 64.3 Å². The zero-order valence-electron chi connectivity index (χ0n) is 17.7. The highest BCUT2D eigenvalue weighted by Crippen LogP contribution is 2.25. The zero-order chi connectivity index (χ0) is 21.1. The Morgan fingerprint density at radius 2 is 2.00 bits per heavy atom. The van der Waals surface area contributed by atoms with Gasteiger partial charge in [-0.25, -0.2) is 4.68 Å².